The summed E-state index contributed by atoms with van der Waals surface area (Å²) in [5, 5.41) is 0. The average molecular weight is 347 g/mol. The summed E-state index contributed by atoms with van der Waals surface area (Å²) in [6, 6.07) is 1.68. The summed E-state index contributed by atoms with van der Waals surface area (Å²) in [4.78, 5) is 42.2. The van der Waals surface area contributed by atoms with Gasteiger partial charge in [0.25, 0.3) is 5.91 Å². The molecule has 3 rings (SSSR count). The highest BCUT2D eigenvalue weighted by molar-refractivity contribution is 5.95. The van der Waals surface area contributed by atoms with Crippen molar-refractivity contribution in [1.29, 1.82) is 0 Å². The van der Waals surface area contributed by atoms with E-state index < -0.39 is 0 Å². The van der Waals surface area contributed by atoms with E-state index in [0.717, 1.165) is 12.8 Å². The van der Waals surface area contributed by atoms with E-state index in [1.807, 2.05) is 4.90 Å². The van der Waals surface area contributed by atoms with Gasteiger partial charge in [0.15, 0.2) is 0 Å². The number of hydrogen-bond acceptors (Lipinski definition) is 4. The molecule has 0 spiro atoms. The monoisotopic (exact) mass is 347 g/mol. The zero-order valence-electron chi connectivity index (χ0n) is 14.9. The van der Waals surface area contributed by atoms with Crippen molar-refractivity contribution in [2.75, 3.05) is 39.3 Å². The first kappa shape index (κ1) is 17.5. The number of nitrogens with zero attached hydrogens (tertiary/aromatic N) is 3. The fraction of sp³-hybridized carbons (Fsp3) is 0.611. The van der Waals surface area contributed by atoms with Gasteiger partial charge >= 0.3 is 0 Å². The molecule has 25 heavy (non-hydrogen) atoms. The molecule has 7 heteroatoms. The maximum atomic E-state index is 12.8. The number of amides is 3. The first-order valence-electron chi connectivity index (χ1n) is 8.85. The molecule has 7 nitrogen and oxygen atoms in total. The molecule has 3 heterocycles. The lowest BCUT2D eigenvalue weighted by Crippen LogP contribution is -2.53. The Hall–Kier alpha value is -2.31. The molecule has 0 aromatic carbocycles. The third kappa shape index (κ3) is 3.70. The second-order valence-electron chi connectivity index (χ2n) is 6.81. The van der Waals surface area contributed by atoms with E-state index in [9.17, 15) is 14.4 Å². The molecule has 2 saturated heterocycles. The molecule has 0 bridgehead atoms. The second-order valence-corrected chi connectivity index (χ2v) is 6.81. The van der Waals surface area contributed by atoms with E-state index in [1.54, 1.807) is 29.7 Å². The molecule has 136 valence electrons. The van der Waals surface area contributed by atoms with Crippen molar-refractivity contribution in [2.45, 2.75) is 26.7 Å². The van der Waals surface area contributed by atoms with Crippen LogP contribution in [0.4, 0.5) is 0 Å². The molecule has 2 aliphatic rings. The van der Waals surface area contributed by atoms with Crippen LogP contribution < -0.4 is 0 Å². The minimum Gasteiger partial charge on any atom is -0.469 e. The van der Waals surface area contributed by atoms with Crippen LogP contribution in [0.1, 0.15) is 35.9 Å². The molecule has 0 unspecified atom stereocenters. The molecule has 1 atom stereocenters. The number of piperazine rings is 1. The van der Waals surface area contributed by atoms with Crippen LogP contribution in [-0.4, -0.2) is 71.7 Å². The van der Waals surface area contributed by atoms with Crippen LogP contribution >= 0.6 is 0 Å². The van der Waals surface area contributed by atoms with E-state index in [2.05, 4.69) is 0 Å². The van der Waals surface area contributed by atoms with Gasteiger partial charge in [-0.15, -0.1) is 0 Å². The number of rotatable bonds is 2. The van der Waals surface area contributed by atoms with Crippen molar-refractivity contribution in [2.24, 2.45) is 5.92 Å². The minimum atomic E-state index is -0.159. The molecule has 1 aromatic heterocycles. The number of aryl methyl sites for hydroxylation is 1. The summed E-state index contributed by atoms with van der Waals surface area (Å²) < 4.78 is 5.22. The van der Waals surface area contributed by atoms with E-state index >= 15 is 0 Å². The maximum Gasteiger partial charge on any atom is 0.257 e. The Morgan fingerprint density at radius 1 is 1.04 bits per heavy atom. The third-order valence-electron chi connectivity index (χ3n) is 5.18. The maximum absolute atomic E-state index is 12.8. The first-order chi connectivity index (χ1) is 12.0. The minimum absolute atomic E-state index is 0.0528. The summed E-state index contributed by atoms with van der Waals surface area (Å²) in [5.74, 6) is 0.541. The molecule has 2 fully saturated rings. The normalized spacial score (nSPS) is 21.4. The van der Waals surface area contributed by atoms with Crippen molar-refractivity contribution in [3.05, 3.63) is 23.7 Å². The van der Waals surface area contributed by atoms with Crippen LogP contribution in [0, 0.1) is 12.8 Å². The van der Waals surface area contributed by atoms with E-state index in [-0.39, 0.29) is 23.6 Å². The summed E-state index contributed by atoms with van der Waals surface area (Å²) >= 11 is 0. The number of carbonyl (C=O) groups excluding carboxylic acids is 3. The smallest absolute Gasteiger partial charge is 0.257 e. The standard InChI is InChI=1S/C18H25N3O4/c1-13-16(5-11-25-13)18(24)21-6-3-4-15(12-21)17(23)20-9-7-19(8-10-20)14(2)22/h5,11,15H,3-4,6-10,12H2,1-2H3/t15-/m1/s1. The Bertz CT molecular complexity index is 661. The highest BCUT2D eigenvalue weighted by Crippen LogP contribution is 2.22. The van der Waals surface area contributed by atoms with Crippen LogP contribution in [0.2, 0.25) is 0 Å². The Kier molecular flexibility index (Phi) is 5.11. The highest BCUT2D eigenvalue weighted by Gasteiger charge is 2.33. The molecule has 0 N–H and O–H groups in total. The van der Waals surface area contributed by atoms with Gasteiger partial charge in [0.1, 0.15) is 5.76 Å². The van der Waals surface area contributed by atoms with Crippen LogP contribution in [0.25, 0.3) is 0 Å². The predicted octanol–water partition coefficient (Wildman–Crippen LogP) is 1.13. The number of hydrogen-bond donors (Lipinski definition) is 0. The van der Waals surface area contributed by atoms with Crippen molar-refractivity contribution in [1.82, 2.24) is 14.7 Å². The molecule has 3 amide bonds. The third-order valence-corrected chi connectivity index (χ3v) is 5.18. The molecule has 0 aliphatic carbocycles. The lowest BCUT2D eigenvalue weighted by molar-refractivity contribution is -0.142. The number of piperidine rings is 1. The summed E-state index contributed by atoms with van der Waals surface area (Å²) in [6.45, 7) is 6.78. The summed E-state index contributed by atoms with van der Waals surface area (Å²) in [6.07, 6.45) is 3.15. The predicted molar refractivity (Wildman–Crippen MR) is 90.9 cm³/mol. The van der Waals surface area contributed by atoms with Crippen molar-refractivity contribution >= 4 is 17.7 Å². The lowest BCUT2D eigenvalue weighted by atomic mass is 9.95. The van der Waals surface area contributed by atoms with Gasteiger partial charge in [0, 0.05) is 46.2 Å². The van der Waals surface area contributed by atoms with Gasteiger partial charge in [-0.25, -0.2) is 0 Å². The van der Waals surface area contributed by atoms with Crippen molar-refractivity contribution in [3.63, 3.8) is 0 Å². The van der Waals surface area contributed by atoms with E-state index in [4.69, 9.17) is 4.42 Å². The fourth-order valence-corrected chi connectivity index (χ4v) is 3.64. The lowest BCUT2D eigenvalue weighted by Gasteiger charge is -2.38. The van der Waals surface area contributed by atoms with Gasteiger partial charge in [-0.1, -0.05) is 0 Å². The number of furan rings is 1. The van der Waals surface area contributed by atoms with Gasteiger partial charge in [0.2, 0.25) is 11.8 Å². The van der Waals surface area contributed by atoms with Gasteiger partial charge < -0.3 is 19.1 Å². The Labute approximate surface area is 147 Å². The molecule has 0 radical (unpaired) electrons. The molecule has 1 aromatic rings. The number of likely N-dealkylation sites (tertiary alicyclic amines) is 1. The zero-order valence-corrected chi connectivity index (χ0v) is 14.9. The zero-order chi connectivity index (χ0) is 18.0. The average Bonchev–Trinajstić information content (AvgIpc) is 3.06. The quantitative estimate of drug-likeness (QED) is 0.804. The van der Waals surface area contributed by atoms with Crippen molar-refractivity contribution < 1.29 is 18.8 Å². The van der Waals surface area contributed by atoms with Gasteiger partial charge in [-0.3, -0.25) is 14.4 Å². The Balaban J connectivity index is 1.60. The molecule has 2 aliphatic heterocycles. The highest BCUT2D eigenvalue weighted by atomic mass is 16.3. The SMILES string of the molecule is CC(=O)N1CCN(C(=O)[C@@H]2CCCN(C(=O)c3ccoc3C)C2)CC1. The fourth-order valence-electron chi connectivity index (χ4n) is 3.64. The van der Waals surface area contributed by atoms with Gasteiger partial charge in [-0.05, 0) is 25.8 Å². The van der Waals surface area contributed by atoms with Crippen LogP contribution in [-0.2, 0) is 9.59 Å². The molecule has 0 saturated carbocycles. The second kappa shape index (κ2) is 7.29. The molecular weight excluding hydrogens is 322 g/mol. The van der Waals surface area contributed by atoms with Crippen LogP contribution in [0.3, 0.4) is 0 Å². The van der Waals surface area contributed by atoms with Gasteiger partial charge in [-0.2, -0.15) is 0 Å². The van der Waals surface area contributed by atoms with Gasteiger partial charge in [0.05, 0.1) is 17.7 Å². The van der Waals surface area contributed by atoms with E-state index in [1.165, 1.54) is 6.26 Å². The first-order valence-corrected chi connectivity index (χ1v) is 8.85. The van der Waals surface area contributed by atoms with E-state index in [0.29, 0.717) is 50.6 Å². The molecular formula is C18H25N3O4. The Morgan fingerprint density at radius 2 is 1.72 bits per heavy atom. The summed E-state index contributed by atoms with van der Waals surface area (Å²) in [7, 11) is 0. The van der Waals surface area contributed by atoms with Crippen LogP contribution in [0.5, 0.6) is 0 Å². The van der Waals surface area contributed by atoms with Crippen LogP contribution in [0.15, 0.2) is 16.7 Å². The van der Waals surface area contributed by atoms with Crippen molar-refractivity contribution in [3.8, 4) is 0 Å². The Morgan fingerprint density at radius 3 is 2.32 bits per heavy atom. The number of carbonyl (C=O) groups is 3. The summed E-state index contributed by atoms with van der Waals surface area (Å²) in [5.41, 5.74) is 0.572. The topological polar surface area (TPSA) is 74.1 Å². The largest absolute Gasteiger partial charge is 0.469 e.